The quantitative estimate of drug-likeness (QED) is 0.0475. The highest BCUT2D eigenvalue weighted by Crippen LogP contribution is 2.52. The summed E-state index contributed by atoms with van der Waals surface area (Å²) in [5, 5.41) is 155. The third kappa shape index (κ3) is 10.5. The summed E-state index contributed by atoms with van der Waals surface area (Å²) in [6.07, 6.45) is -50.4. The van der Waals surface area contributed by atoms with Crippen LogP contribution in [0.25, 0.3) is 0 Å². The molecule has 0 aliphatic carbocycles. The molecule has 404 valence electrons. The lowest BCUT2D eigenvalue weighted by atomic mass is 9.72. The van der Waals surface area contributed by atoms with E-state index in [-0.39, 0.29) is 26.4 Å². The highest BCUT2D eigenvalue weighted by Gasteiger charge is 2.73. The van der Waals surface area contributed by atoms with Gasteiger partial charge in [0.15, 0.2) is 62.0 Å². The van der Waals surface area contributed by atoms with Crippen molar-refractivity contribution in [1.82, 2.24) is 0 Å². The minimum atomic E-state index is -2.95. The van der Waals surface area contributed by atoms with Gasteiger partial charge in [0.1, 0.15) is 104 Å². The van der Waals surface area contributed by atoms with E-state index in [9.17, 15) is 76.3 Å². The van der Waals surface area contributed by atoms with Crippen molar-refractivity contribution in [3.8, 4) is 0 Å². The standard InChI is InChI=1S/C39H63NO30/c1-9-13(42)32(58-6-5-57-4-3-40)68-31(56-2)12(25-17(46)15(44)14(43)11(61-25)8-59-33-21(50)16(45)18(47)26(64-33)30(53)54)39(55)29(28-37(66-28)70-38(39)60-9)67-34-22(51)19(48)24(10(7-41)62-34)63-35-23(52)20(49)27-36(65-27)69-35/h9-29,31-38,41-52,55H,3-8,40H2,1-2H3,(H,53,54)/t9?,10?,11?,12?,13-,14+,15?,16?,17?,18-,19?,20?,21?,22?,23-,24+,25+,26?,27+,28+,29?,31?,32+,33-,34-,35-,36?,37?,38+,39-/m0/s1. The van der Waals surface area contributed by atoms with Crippen molar-refractivity contribution in [2.75, 3.05) is 46.7 Å². The number of aliphatic hydroxyl groups is 13. The first-order chi connectivity index (χ1) is 33.3. The molecule has 8 aliphatic heterocycles. The number of hydrogen-bond acceptors (Lipinski definition) is 30. The van der Waals surface area contributed by atoms with Crippen LogP contribution in [0, 0.1) is 5.92 Å². The van der Waals surface area contributed by atoms with Crippen LogP contribution in [0.5, 0.6) is 0 Å². The van der Waals surface area contributed by atoms with Crippen molar-refractivity contribution in [2.45, 2.75) is 185 Å². The van der Waals surface area contributed by atoms with E-state index in [0.717, 1.165) is 7.11 Å². The molecule has 16 N–H and O–H groups in total. The van der Waals surface area contributed by atoms with Crippen LogP contribution in [0.4, 0.5) is 0 Å². The Bertz CT molecular complexity index is 1730. The van der Waals surface area contributed by atoms with Crippen LogP contribution in [0.1, 0.15) is 6.92 Å². The molecule has 0 amide bonds. The van der Waals surface area contributed by atoms with Crippen molar-refractivity contribution in [3.63, 3.8) is 0 Å². The second-order valence-corrected chi connectivity index (χ2v) is 18.1. The van der Waals surface area contributed by atoms with Crippen LogP contribution < -0.4 is 5.73 Å². The van der Waals surface area contributed by atoms with Crippen LogP contribution in [-0.4, -0.2) is 302 Å². The summed E-state index contributed by atoms with van der Waals surface area (Å²) in [5.74, 6) is -3.81. The molecule has 0 aromatic carbocycles. The third-order valence-electron chi connectivity index (χ3n) is 13.5. The number of carboxylic acids is 1. The Balaban J connectivity index is 1.12. The second-order valence-electron chi connectivity index (χ2n) is 18.1. The van der Waals surface area contributed by atoms with Crippen LogP contribution in [0.2, 0.25) is 0 Å². The van der Waals surface area contributed by atoms with Gasteiger partial charge in [-0.05, 0) is 6.92 Å². The molecule has 70 heavy (non-hydrogen) atoms. The Labute approximate surface area is 396 Å². The molecule has 31 nitrogen and oxygen atoms in total. The van der Waals surface area contributed by atoms with Gasteiger partial charge in [0, 0.05) is 13.7 Å². The Morgan fingerprint density at radius 1 is 0.571 bits per heavy atom. The number of epoxide rings is 2. The second kappa shape index (κ2) is 22.3. The van der Waals surface area contributed by atoms with E-state index in [1.807, 2.05) is 0 Å². The van der Waals surface area contributed by atoms with Crippen molar-refractivity contribution in [2.24, 2.45) is 11.7 Å². The summed E-state index contributed by atoms with van der Waals surface area (Å²) in [5.41, 5.74) is 2.56. The molecule has 8 rings (SSSR count). The molecule has 8 fully saturated rings. The average molecular weight is 1030 g/mol. The lowest BCUT2D eigenvalue weighted by Gasteiger charge is -2.54. The van der Waals surface area contributed by atoms with Crippen LogP contribution in [-0.2, 0) is 75.8 Å². The number of hydrogen-bond donors (Lipinski definition) is 15. The van der Waals surface area contributed by atoms with Crippen LogP contribution >= 0.6 is 0 Å². The van der Waals surface area contributed by atoms with Crippen LogP contribution in [0.3, 0.4) is 0 Å². The largest absolute Gasteiger partial charge is 0.479 e. The Kier molecular flexibility index (Phi) is 17.4. The average Bonchev–Trinajstić information content (AvgIpc) is 4.28. The lowest BCUT2D eigenvalue weighted by molar-refractivity contribution is -0.395. The molecule has 0 saturated carbocycles. The maximum absolute atomic E-state index is 13.5. The first-order valence-electron chi connectivity index (χ1n) is 22.6. The maximum atomic E-state index is 13.5. The molecule has 0 bridgehead atoms. The number of rotatable bonds is 17. The zero-order chi connectivity index (χ0) is 50.7. The molecule has 8 heterocycles. The highest BCUT2D eigenvalue weighted by molar-refractivity contribution is 5.73. The summed E-state index contributed by atoms with van der Waals surface area (Å²) >= 11 is 0. The third-order valence-corrected chi connectivity index (χ3v) is 13.5. The van der Waals surface area contributed by atoms with Crippen molar-refractivity contribution >= 4 is 5.97 Å². The molecule has 16 unspecified atom stereocenters. The lowest BCUT2D eigenvalue weighted by Crippen LogP contribution is -2.74. The SMILES string of the molecule is COC1O[C@@H](OCCOCCN)[C@@H](O)C(C)O[C@@H]2OC3O[C@@H]3C(O[C@@H]3OC(CO)[C@@H](O[C@H]4OC5O[C@@H]5C(O)[C@@H]4O)C(O)C3O)[C@@]2(O)C1[C@H]1OC(CO[C@H]2OC(C(=O)O)[C@@H](O)C(O)C2O)[C@@H](O)C(O)C1O. The fraction of sp³-hybridized carbons (Fsp3) is 0.974. The van der Waals surface area contributed by atoms with E-state index in [1.165, 1.54) is 6.92 Å². The van der Waals surface area contributed by atoms with E-state index in [2.05, 4.69) is 0 Å². The molecular weight excluding hydrogens is 962 g/mol. The van der Waals surface area contributed by atoms with E-state index < -0.39 is 203 Å². The maximum Gasteiger partial charge on any atom is 0.335 e. The Morgan fingerprint density at radius 2 is 1.20 bits per heavy atom. The van der Waals surface area contributed by atoms with Gasteiger partial charge in [0.05, 0.1) is 51.2 Å². The molecule has 8 aliphatic rings. The number of methoxy groups -OCH3 is 1. The van der Waals surface area contributed by atoms with Gasteiger partial charge in [-0.3, -0.25) is 0 Å². The van der Waals surface area contributed by atoms with Gasteiger partial charge >= 0.3 is 5.97 Å². The number of ether oxygens (including phenoxy) is 15. The smallest absolute Gasteiger partial charge is 0.335 e. The fourth-order valence-corrected chi connectivity index (χ4v) is 9.48. The van der Waals surface area contributed by atoms with E-state index in [4.69, 9.17) is 76.8 Å². The van der Waals surface area contributed by atoms with Gasteiger partial charge in [-0.15, -0.1) is 0 Å². The molecule has 0 spiro atoms. The van der Waals surface area contributed by atoms with Gasteiger partial charge in [0.2, 0.25) is 0 Å². The van der Waals surface area contributed by atoms with Gasteiger partial charge in [-0.2, -0.15) is 0 Å². The molecule has 0 radical (unpaired) electrons. The Hall–Kier alpha value is -1.69. The fourth-order valence-electron chi connectivity index (χ4n) is 9.48. The molecular formula is C39H63NO30. The first-order valence-corrected chi connectivity index (χ1v) is 22.6. The summed E-state index contributed by atoms with van der Waals surface area (Å²) in [6, 6.07) is 0. The minimum absolute atomic E-state index is 0.0624. The number of nitrogens with two attached hydrogens (primary N) is 1. The molecule has 0 aromatic heterocycles. The number of aliphatic carboxylic acids is 1. The predicted octanol–water partition coefficient (Wildman–Crippen LogP) is -10.7. The van der Waals surface area contributed by atoms with Gasteiger partial charge in [-0.1, -0.05) is 0 Å². The highest BCUT2D eigenvalue weighted by atomic mass is 16.9. The van der Waals surface area contributed by atoms with E-state index in [1.54, 1.807) is 0 Å². The minimum Gasteiger partial charge on any atom is -0.479 e. The monoisotopic (exact) mass is 1030 g/mol. The molecule has 31 heteroatoms. The number of fused-ring (bicyclic) bond motifs is 3. The predicted molar refractivity (Wildman–Crippen MR) is 210 cm³/mol. The summed E-state index contributed by atoms with van der Waals surface area (Å²) < 4.78 is 86.6. The number of carbonyl (C=O) groups is 1. The summed E-state index contributed by atoms with van der Waals surface area (Å²) in [6.45, 7) is -0.518. The number of carboxylic acid groups (broad SMARTS) is 1. The van der Waals surface area contributed by atoms with Gasteiger partial charge < -0.3 is 148 Å². The zero-order valence-electron chi connectivity index (χ0n) is 37.4. The zero-order valence-corrected chi connectivity index (χ0v) is 37.4. The summed E-state index contributed by atoms with van der Waals surface area (Å²) in [4.78, 5) is 11.8. The molecule has 8 saturated heterocycles. The van der Waals surface area contributed by atoms with Crippen molar-refractivity contribution < 1.29 is 147 Å². The van der Waals surface area contributed by atoms with Gasteiger partial charge in [-0.25, -0.2) is 4.79 Å². The van der Waals surface area contributed by atoms with E-state index in [0.29, 0.717) is 0 Å². The first kappa shape index (κ1) is 54.6. The van der Waals surface area contributed by atoms with Crippen LogP contribution in [0.15, 0.2) is 0 Å². The van der Waals surface area contributed by atoms with Gasteiger partial charge in [0.25, 0.3) is 0 Å². The number of aliphatic hydroxyl groups excluding tert-OH is 12. The molecule has 0 aromatic rings. The van der Waals surface area contributed by atoms with Crippen molar-refractivity contribution in [1.29, 1.82) is 0 Å². The van der Waals surface area contributed by atoms with Crippen molar-refractivity contribution in [3.05, 3.63) is 0 Å². The molecule has 30 atom stereocenters. The topological polar surface area (TPSA) is 471 Å². The Morgan fingerprint density at radius 3 is 1.89 bits per heavy atom. The summed E-state index contributed by atoms with van der Waals surface area (Å²) in [7, 11) is 1.06. The normalized spacial score (nSPS) is 53.6. The van der Waals surface area contributed by atoms with E-state index >= 15 is 0 Å².